The zero-order valence-corrected chi connectivity index (χ0v) is 23.7. The average molecular weight is 579 g/mol. The summed E-state index contributed by atoms with van der Waals surface area (Å²) in [5, 5.41) is 9.49. The Hall–Kier alpha value is -4.42. The number of rotatable bonds is 6. The molecule has 4 aromatic rings. The number of benzene rings is 2. The third-order valence-electron chi connectivity index (χ3n) is 7.44. The third kappa shape index (κ3) is 6.55. The van der Waals surface area contributed by atoms with Crippen molar-refractivity contribution in [3.63, 3.8) is 0 Å². The van der Waals surface area contributed by atoms with Crippen molar-refractivity contribution in [3.05, 3.63) is 77.5 Å². The van der Waals surface area contributed by atoms with Crippen molar-refractivity contribution in [2.75, 3.05) is 49.6 Å². The Kier molecular flexibility index (Phi) is 8.19. The zero-order valence-electron chi connectivity index (χ0n) is 23.7. The first-order valence-corrected chi connectivity index (χ1v) is 13.5. The SMILES string of the molecule is Cc1cc(-c2cc(NC(=O)Nc3ccc(CN4CCN(C)CC4)c(C(F)(F)F)c3)nn2C)ccc1-c1cccnc1N. The molecule has 1 aliphatic rings. The van der Waals surface area contributed by atoms with Crippen LogP contribution in [0.15, 0.2) is 60.8 Å². The normalized spacial score (nSPS) is 14.6. The first kappa shape index (κ1) is 29.1. The van der Waals surface area contributed by atoms with E-state index in [9.17, 15) is 18.0 Å². The van der Waals surface area contributed by atoms with Crippen molar-refractivity contribution in [3.8, 4) is 22.4 Å². The Bertz CT molecular complexity index is 1590. The monoisotopic (exact) mass is 578 g/mol. The number of hydrogen-bond donors (Lipinski definition) is 3. The summed E-state index contributed by atoms with van der Waals surface area (Å²) < 4.78 is 43.4. The molecule has 0 unspecified atom stereocenters. The lowest BCUT2D eigenvalue weighted by molar-refractivity contribution is -0.138. The molecule has 0 atom stereocenters. The topological polar surface area (TPSA) is 104 Å². The Balaban J connectivity index is 1.28. The van der Waals surface area contributed by atoms with Gasteiger partial charge in [0.05, 0.1) is 11.3 Å². The van der Waals surface area contributed by atoms with Crippen LogP contribution in [0.25, 0.3) is 22.4 Å². The van der Waals surface area contributed by atoms with Crippen molar-refractivity contribution in [1.82, 2.24) is 24.6 Å². The molecule has 3 heterocycles. The first-order valence-electron chi connectivity index (χ1n) is 13.5. The summed E-state index contributed by atoms with van der Waals surface area (Å²) in [6, 6.07) is 14.5. The Morgan fingerprint density at radius 1 is 0.976 bits per heavy atom. The molecule has 5 rings (SSSR count). The minimum atomic E-state index is -4.55. The van der Waals surface area contributed by atoms with Gasteiger partial charge in [0.15, 0.2) is 5.82 Å². The van der Waals surface area contributed by atoms with Crippen LogP contribution in [-0.2, 0) is 19.8 Å². The summed E-state index contributed by atoms with van der Waals surface area (Å²) in [6.07, 6.45) is -2.91. The molecular formula is C30H33F3N8O. The van der Waals surface area contributed by atoms with Crippen LogP contribution in [0.5, 0.6) is 0 Å². The van der Waals surface area contributed by atoms with Crippen LogP contribution in [0.1, 0.15) is 16.7 Å². The van der Waals surface area contributed by atoms with Crippen molar-refractivity contribution in [1.29, 1.82) is 0 Å². The lowest BCUT2D eigenvalue weighted by Gasteiger charge is -2.33. The van der Waals surface area contributed by atoms with E-state index in [0.717, 1.165) is 47.1 Å². The number of urea groups is 1. The smallest absolute Gasteiger partial charge is 0.383 e. The predicted octanol–water partition coefficient (Wildman–Crippen LogP) is 5.45. The lowest BCUT2D eigenvalue weighted by atomic mass is 9.98. The molecule has 9 nitrogen and oxygen atoms in total. The van der Waals surface area contributed by atoms with Gasteiger partial charge in [0, 0.05) is 68.8 Å². The number of hydrogen-bond acceptors (Lipinski definition) is 6. The summed E-state index contributed by atoms with van der Waals surface area (Å²) in [6.45, 7) is 5.18. The molecule has 4 N–H and O–H groups in total. The number of amides is 2. The summed E-state index contributed by atoms with van der Waals surface area (Å²) >= 11 is 0. The van der Waals surface area contributed by atoms with E-state index >= 15 is 0 Å². The molecule has 42 heavy (non-hydrogen) atoms. The number of alkyl halides is 3. The van der Waals surface area contributed by atoms with Crippen molar-refractivity contribution < 1.29 is 18.0 Å². The van der Waals surface area contributed by atoms with Crippen molar-refractivity contribution in [2.24, 2.45) is 7.05 Å². The highest BCUT2D eigenvalue weighted by atomic mass is 19.4. The number of aromatic nitrogens is 3. The number of likely N-dealkylation sites (N-methyl/N-ethyl adjacent to an activating group) is 1. The van der Waals surface area contributed by atoms with E-state index in [1.807, 2.05) is 49.2 Å². The molecule has 0 bridgehead atoms. The van der Waals surface area contributed by atoms with E-state index in [1.54, 1.807) is 24.0 Å². The first-order chi connectivity index (χ1) is 20.0. The highest BCUT2D eigenvalue weighted by Gasteiger charge is 2.34. The molecule has 2 aromatic carbocycles. The number of nitrogen functional groups attached to an aromatic ring is 1. The van der Waals surface area contributed by atoms with Crippen LogP contribution < -0.4 is 16.4 Å². The maximum absolute atomic E-state index is 13.9. The summed E-state index contributed by atoms with van der Waals surface area (Å²) in [7, 11) is 3.74. The minimum Gasteiger partial charge on any atom is -0.383 e. The summed E-state index contributed by atoms with van der Waals surface area (Å²) in [5.41, 5.74) is 9.90. The maximum Gasteiger partial charge on any atom is 0.416 e. The minimum absolute atomic E-state index is 0.0407. The molecule has 12 heteroatoms. The second-order valence-electron chi connectivity index (χ2n) is 10.5. The number of nitrogens with zero attached hydrogens (tertiary/aromatic N) is 5. The molecule has 1 aliphatic heterocycles. The second-order valence-corrected chi connectivity index (χ2v) is 10.5. The van der Waals surface area contributed by atoms with Crippen LogP contribution in [-0.4, -0.2) is 63.8 Å². The number of anilines is 3. The van der Waals surface area contributed by atoms with Crippen LogP contribution in [0.3, 0.4) is 0 Å². The van der Waals surface area contributed by atoms with Gasteiger partial charge in [-0.15, -0.1) is 0 Å². The number of piperazine rings is 1. The van der Waals surface area contributed by atoms with Gasteiger partial charge < -0.3 is 16.0 Å². The largest absolute Gasteiger partial charge is 0.416 e. The second kappa shape index (κ2) is 11.8. The van der Waals surface area contributed by atoms with Crippen LogP contribution >= 0.6 is 0 Å². The van der Waals surface area contributed by atoms with E-state index in [1.165, 1.54) is 12.1 Å². The fraction of sp³-hybridized carbons (Fsp3) is 0.300. The zero-order chi connectivity index (χ0) is 30.0. The standard InChI is InChI=1S/C30H33F3N8O/c1-19-15-20(7-9-23(19)24-5-4-10-35-28(24)34)26-17-27(38-40(26)3)37-29(42)36-22-8-6-21(25(16-22)30(31,32)33)18-41-13-11-39(2)12-14-41/h4-10,15-17H,11-14,18H2,1-3H3,(H2,34,35)(H2,36,37,38,42). The van der Waals surface area contributed by atoms with Crippen LogP contribution in [0, 0.1) is 6.92 Å². The lowest BCUT2D eigenvalue weighted by Crippen LogP contribution is -2.44. The summed E-state index contributed by atoms with van der Waals surface area (Å²) in [4.78, 5) is 21.0. The molecule has 1 saturated heterocycles. The quantitative estimate of drug-likeness (QED) is 0.281. The van der Waals surface area contributed by atoms with Crippen molar-refractivity contribution >= 4 is 23.4 Å². The highest BCUT2D eigenvalue weighted by molar-refractivity contribution is 5.99. The van der Waals surface area contributed by atoms with Gasteiger partial charge in [-0.3, -0.25) is 14.9 Å². The molecule has 1 fully saturated rings. The van der Waals surface area contributed by atoms with Crippen LogP contribution in [0.2, 0.25) is 0 Å². The number of halogens is 3. The molecule has 0 saturated carbocycles. The van der Waals surface area contributed by atoms with E-state index in [2.05, 4.69) is 25.6 Å². The Morgan fingerprint density at radius 3 is 2.43 bits per heavy atom. The third-order valence-corrected chi connectivity index (χ3v) is 7.44. The number of carbonyl (C=O) groups excluding carboxylic acids is 1. The van der Waals surface area contributed by atoms with Gasteiger partial charge >= 0.3 is 12.2 Å². The number of nitrogens with two attached hydrogens (primary N) is 1. The Labute approximate surface area is 242 Å². The predicted molar refractivity (Wildman–Crippen MR) is 158 cm³/mol. The van der Waals surface area contributed by atoms with Crippen molar-refractivity contribution in [2.45, 2.75) is 19.6 Å². The molecular weight excluding hydrogens is 545 g/mol. The highest BCUT2D eigenvalue weighted by Crippen LogP contribution is 2.35. The number of aryl methyl sites for hydroxylation is 2. The number of carbonyl (C=O) groups is 1. The van der Waals surface area contributed by atoms with Gasteiger partial charge in [-0.2, -0.15) is 18.3 Å². The molecule has 2 aromatic heterocycles. The van der Waals surface area contributed by atoms with E-state index in [0.29, 0.717) is 18.9 Å². The average Bonchev–Trinajstić information content (AvgIpc) is 3.30. The van der Waals surface area contributed by atoms with E-state index in [4.69, 9.17) is 5.73 Å². The molecule has 2 amide bonds. The van der Waals surface area contributed by atoms with Crippen LogP contribution in [0.4, 0.5) is 35.3 Å². The number of nitrogens with one attached hydrogen (secondary N) is 2. The molecule has 220 valence electrons. The van der Waals surface area contributed by atoms with Gasteiger partial charge in [0.1, 0.15) is 5.82 Å². The van der Waals surface area contributed by atoms with Gasteiger partial charge in [0.25, 0.3) is 0 Å². The van der Waals surface area contributed by atoms with Gasteiger partial charge in [-0.05, 0) is 61.0 Å². The molecule has 0 radical (unpaired) electrons. The fourth-order valence-corrected chi connectivity index (χ4v) is 5.15. The number of pyridine rings is 1. The Morgan fingerprint density at radius 2 is 1.74 bits per heavy atom. The maximum atomic E-state index is 13.9. The molecule has 0 aliphatic carbocycles. The van der Waals surface area contributed by atoms with Gasteiger partial charge in [-0.1, -0.05) is 18.2 Å². The van der Waals surface area contributed by atoms with E-state index in [-0.39, 0.29) is 23.6 Å². The molecule has 0 spiro atoms. The van der Waals surface area contributed by atoms with Gasteiger partial charge in [0.2, 0.25) is 0 Å². The van der Waals surface area contributed by atoms with E-state index < -0.39 is 17.8 Å². The fourth-order valence-electron chi connectivity index (χ4n) is 5.15. The van der Waals surface area contributed by atoms with Gasteiger partial charge in [-0.25, -0.2) is 9.78 Å². The summed E-state index contributed by atoms with van der Waals surface area (Å²) in [5.74, 6) is 0.698.